The molecule has 0 saturated heterocycles. The Morgan fingerprint density at radius 1 is 1.25 bits per heavy atom. The standard InChI is InChI=1S/C7H9N/c1-7(2,3)5-4-6-8/h1-3H3. The highest BCUT2D eigenvalue weighted by molar-refractivity contribution is 5.20. The van der Waals surface area contributed by atoms with Gasteiger partial charge in [-0.15, -0.1) is 0 Å². The van der Waals surface area contributed by atoms with Gasteiger partial charge in [-0.3, -0.25) is 0 Å². The molecule has 0 aliphatic rings. The van der Waals surface area contributed by atoms with Gasteiger partial charge in [0.1, 0.15) is 0 Å². The predicted molar refractivity (Wildman–Crippen MR) is 32.8 cm³/mol. The van der Waals surface area contributed by atoms with Gasteiger partial charge in [-0.2, -0.15) is 5.26 Å². The van der Waals surface area contributed by atoms with Crippen molar-refractivity contribution in [2.45, 2.75) is 20.8 Å². The average Bonchev–Trinajstić information content (AvgIpc) is 1.59. The Kier molecular flexibility index (Phi) is 2.10. The van der Waals surface area contributed by atoms with Gasteiger partial charge in [0.25, 0.3) is 0 Å². The molecule has 0 N–H and O–H groups in total. The minimum absolute atomic E-state index is 0.0320. The van der Waals surface area contributed by atoms with E-state index in [-0.39, 0.29) is 5.41 Å². The normalized spacial score (nSPS) is 8.75. The van der Waals surface area contributed by atoms with E-state index < -0.39 is 0 Å². The fraction of sp³-hybridized carbons (Fsp3) is 0.571. The summed E-state index contributed by atoms with van der Waals surface area (Å²) in [6, 6.07) is 1.76. The molecule has 0 amide bonds. The molecule has 0 aromatic rings. The van der Waals surface area contributed by atoms with Gasteiger partial charge < -0.3 is 0 Å². The molecule has 0 atom stereocenters. The number of hydrogen-bond acceptors (Lipinski definition) is 1. The highest BCUT2D eigenvalue weighted by Gasteiger charge is 2.02. The van der Waals surface area contributed by atoms with Crippen molar-refractivity contribution in [2.75, 3.05) is 0 Å². The lowest BCUT2D eigenvalue weighted by atomic mass is 9.98. The first-order valence-electron chi connectivity index (χ1n) is 2.47. The molecule has 0 fully saturated rings. The van der Waals surface area contributed by atoms with Crippen molar-refractivity contribution in [1.29, 1.82) is 5.26 Å². The molecular formula is C7H9N. The molecular weight excluding hydrogens is 98.1 g/mol. The molecule has 1 nitrogen and oxygen atoms in total. The fourth-order valence-electron chi connectivity index (χ4n) is 0.215. The molecule has 0 aliphatic heterocycles. The van der Waals surface area contributed by atoms with Gasteiger partial charge in [0.2, 0.25) is 0 Å². The summed E-state index contributed by atoms with van der Waals surface area (Å²) < 4.78 is 0. The van der Waals surface area contributed by atoms with Gasteiger partial charge in [0, 0.05) is 11.3 Å². The van der Waals surface area contributed by atoms with Crippen LogP contribution in [0.2, 0.25) is 0 Å². The maximum absolute atomic E-state index is 8.01. The van der Waals surface area contributed by atoms with Crippen molar-refractivity contribution in [3.63, 3.8) is 0 Å². The molecule has 0 aromatic heterocycles. The van der Waals surface area contributed by atoms with Crippen LogP contribution < -0.4 is 0 Å². The largest absolute Gasteiger partial charge is 0.183 e. The van der Waals surface area contributed by atoms with Crippen LogP contribution in [0.3, 0.4) is 0 Å². The van der Waals surface area contributed by atoms with Crippen LogP contribution in [0.25, 0.3) is 0 Å². The quantitative estimate of drug-likeness (QED) is 0.431. The Labute approximate surface area is 50.3 Å². The Balaban J connectivity index is 3.93. The molecule has 0 rings (SSSR count). The molecule has 0 unspecified atom stereocenters. The topological polar surface area (TPSA) is 23.8 Å². The van der Waals surface area contributed by atoms with Gasteiger partial charge >= 0.3 is 0 Å². The van der Waals surface area contributed by atoms with Crippen LogP contribution in [0.4, 0.5) is 0 Å². The molecule has 0 bridgehead atoms. The molecule has 0 aliphatic carbocycles. The second-order valence-corrected chi connectivity index (χ2v) is 2.61. The first-order valence-corrected chi connectivity index (χ1v) is 2.47. The first-order chi connectivity index (χ1) is 3.56. The monoisotopic (exact) mass is 107 g/mol. The van der Waals surface area contributed by atoms with Crippen molar-refractivity contribution in [3.05, 3.63) is 0 Å². The summed E-state index contributed by atoms with van der Waals surface area (Å²) in [4.78, 5) is 0. The van der Waals surface area contributed by atoms with E-state index in [4.69, 9.17) is 5.26 Å². The molecule has 0 heterocycles. The van der Waals surface area contributed by atoms with Crippen molar-refractivity contribution < 1.29 is 0 Å². The molecule has 42 valence electrons. The van der Waals surface area contributed by atoms with Crippen LogP contribution in [-0.2, 0) is 0 Å². The van der Waals surface area contributed by atoms with Gasteiger partial charge in [-0.25, -0.2) is 0 Å². The molecule has 0 radical (unpaired) electrons. The summed E-state index contributed by atoms with van der Waals surface area (Å²) in [7, 11) is 0. The second kappa shape index (κ2) is 2.38. The third-order valence-corrected chi connectivity index (χ3v) is 0.493. The SMILES string of the molecule is CC(C)(C)C#CC#N. The van der Waals surface area contributed by atoms with Crippen LogP contribution in [0.5, 0.6) is 0 Å². The second-order valence-electron chi connectivity index (χ2n) is 2.61. The zero-order chi connectivity index (χ0) is 6.62. The number of hydrogen-bond donors (Lipinski definition) is 0. The third kappa shape index (κ3) is 5.05. The summed E-state index contributed by atoms with van der Waals surface area (Å²) in [5.74, 6) is 5.10. The van der Waals surface area contributed by atoms with Crippen molar-refractivity contribution in [1.82, 2.24) is 0 Å². The van der Waals surface area contributed by atoms with E-state index in [1.165, 1.54) is 0 Å². The van der Waals surface area contributed by atoms with Crippen LogP contribution in [0, 0.1) is 28.6 Å². The maximum atomic E-state index is 8.01. The van der Waals surface area contributed by atoms with E-state index in [1.54, 1.807) is 6.07 Å². The lowest BCUT2D eigenvalue weighted by molar-refractivity contribution is 0.571. The van der Waals surface area contributed by atoms with Gasteiger partial charge in [-0.05, 0) is 20.8 Å². The number of rotatable bonds is 0. The minimum atomic E-state index is -0.0320. The zero-order valence-electron chi connectivity index (χ0n) is 5.45. The summed E-state index contributed by atoms with van der Waals surface area (Å²) in [6.45, 7) is 5.91. The molecule has 0 aromatic carbocycles. The number of nitrogens with zero attached hydrogens (tertiary/aromatic N) is 1. The average molecular weight is 107 g/mol. The molecule has 8 heavy (non-hydrogen) atoms. The van der Waals surface area contributed by atoms with Crippen molar-refractivity contribution in [2.24, 2.45) is 5.41 Å². The predicted octanol–water partition coefficient (Wildman–Crippen LogP) is 1.56. The first kappa shape index (κ1) is 7.05. The van der Waals surface area contributed by atoms with Gasteiger partial charge in [-0.1, -0.05) is 5.92 Å². The molecule has 0 spiro atoms. The Morgan fingerprint density at radius 2 is 1.75 bits per heavy atom. The van der Waals surface area contributed by atoms with E-state index in [2.05, 4.69) is 11.8 Å². The lowest BCUT2D eigenvalue weighted by Crippen LogP contribution is -1.98. The summed E-state index contributed by atoms with van der Waals surface area (Å²) in [6.07, 6.45) is 0. The lowest BCUT2D eigenvalue weighted by Gasteiger charge is -2.05. The zero-order valence-corrected chi connectivity index (χ0v) is 5.45. The van der Waals surface area contributed by atoms with E-state index >= 15 is 0 Å². The smallest absolute Gasteiger partial charge is 0.152 e. The fourth-order valence-corrected chi connectivity index (χ4v) is 0.215. The number of nitriles is 1. The third-order valence-electron chi connectivity index (χ3n) is 0.493. The Morgan fingerprint density at radius 3 is 1.88 bits per heavy atom. The van der Waals surface area contributed by atoms with E-state index in [0.717, 1.165) is 0 Å². The van der Waals surface area contributed by atoms with Crippen molar-refractivity contribution >= 4 is 0 Å². The van der Waals surface area contributed by atoms with Crippen LogP contribution in [0.1, 0.15) is 20.8 Å². The van der Waals surface area contributed by atoms with Crippen molar-refractivity contribution in [3.8, 4) is 17.9 Å². The Bertz CT molecular complexity index is 156. The summed E-state index contributed by atoms with van der Waals surface area (Å²) in [5.41, 5.74) is -0.0320. The van der Waals surface area contributed by atoms with Crippen LogP contribution in [-0.4, -0.2) is 0 Å². The molecule has 1 heteroatoms. The van der Waals surface area contributed by atoms with E-state index in [9.17, 15) is 0 Å². The maximum Gasteiger partial charge on any atom is 0.152 e. The summed E-state index contributed by atoms with van der Waals surface area (Å²) >= 11 is 0. The minimum Gasteiger partial charge on any atom is -0.183 e. The highest BCUT2D eigenvalue weighted by atomic mass is 14.2. The Hall–Kier alpha value is -0.950. The molecule has 0 saturated carbocycles. The highest BCUT2D eigenvalue weighted by Crippen LogP contribution is 2.09. The van der Waals surface area contributed by atoms with Crippen LogP contribution >= 0.6 is 0 Å². The van der Waals surface area contributed by atoms with E-state index in [1.807, 2.05) is 20.8 Å². The van der Waals surface area contributed by atoms with Gasteiger partial charge in [0.15, 0.2) is 6.07 Å². The van der Waals surface area contributed by atoms with E-state index in [0.29, 0.717) is 0 Å². The van der Waals surface area contributed by atoms with Gasteiger partial charge in [0.05, 0.1) is 0 Å². The van der Waals surface area contributed by atoms with Crippen LogP contribution in [0.15, 0.2) is 0 Å². The summed E-state index contributed by atoms with van der Waals surface area (Å²) in [5, 5.41) is 8.01.